The third-order valence-corrected chi connectivity index (χ3v) is 3.06. The molecule has 0 saturated heterocycles. The summed E-state index contributed by atoms with van der Waals surface area (Å²) < 4.78 is 3.03. The average molecular weight is 276 g/mol. The number of nitriles is 1. The maximum absolute atomic E-state index is 8.84. The van der Waals surface area contributed by atoms with E-state index in [1.807, 2.05) is 37.3 Å². The molecule has 21 heavy (non-hydrogen) atoms. The van der Waals surface area contributed by atoms with Crippen molar-refractivity contribution in [3.8, 4) is 12.0 Å². The summed E-state index contributed by atoms with van der Waals surface area (Å²) >= 11 is 0. The van der Waals surface area contributed by atoms with Crippen LogP contribution in [0.25, 0.3) is 22.5 Å². The van der Waals surface area contributed by atoms with Gasteiger partial charge in [-0.2, -0.15) is 14.5 Å². The maximum Gasteiger partial charge on any atom is 0.255 e. The number of benzene rings is 1. The van der Waals surface area contributed by atoms with Crippen LogP contribution in [-0.4, -0.2) is 34.3 Å². The van der Waals surface area contributed by atoms with Crippen LogP contribution in [0.5, 0.6) is 0 Å². The van der Waals surface area contributed by atoms with Gasteiger partial charge in [-0.15, -0.1) is 10.2 Å². The van der Waals surface area contributed by atoms with E-state index in [9.17, 15) is 0 Å². The van der Waals surface area contributed by atoms with Gasteiger partial charge in [0.25, 0.3) is 11.8 Å². The van der Waals surface area contributed by atoms with Crippen LogP contribution in [0.2, 0.25) is 0 Å². The molecule has 0 aliphatic carbocycles. The molecular weight excluding hydrogens is 268 g/mol. The molecule has 4 aromatic rings. The van der Waals surface area contributed by atoms with E-state index in [-0.39, 0.29) is 5.82 Å². The molecule has 0 fully saturated rings. The Balaban J connectivity index is 2.13. The molecule has 100 valence electrons. The lowest BCUT2D eigenvalue weighted by molar-refractivity contribution is 0.751. The summed E-state index contributed by atoms with van der Waals surface area (Å²) in [4.78, 5) is 12.9. The van der Waals surface area contributed by atoms with Gasteiger partial charge in [-0.05, 0) is 19.1 Å². The van der Waals surface area contributed by atoms with E-state index in [1.165, 1.54) is 11.0 Å². The summed E-state index contributed by atoms with van der Waals surface area (Å²) in [6.45, 7) is 1.81. The van der Waals surface area contributed by atoms with Gasteiger partial charge in [-0.1, -0.05) is 12.1 Å². The summed E-state index contributed by atoms with van der Waals surface area (Å²) in [6.07, 6.45) is 1.44. The van der Waals surface area contributed by atoms with E-state index in [0.717, 1.165) is 10.9 Å². The van der Waals surface area contributed by atoms with Gasteiger partial charge in [-0.3, -0.25) is 0 Å². The van der Waals surface area contributed by atoms with Gasteiger partial charge in [0.05, 0.1) is 5.52 Å². The van der Waals surface area contributed by atoms with Gasteiger partial charge >= 0.3 is 0 Å². The molecule has 0 amide bonds. The van der Waals surface area contributed by atoms with E-state index < -0.39 is 0 Å². The molecule has 0 bridgehead atoms. The zero-order valence-corrected chi connectivity index (χ0v) is 11.0. The third kappa shape index (κ3) is 1.64. The summed E-state index contributed by atoms with van der Waals surface area (Å²) in [7, 11) is 0. The third-order valence-electron chi connectivity index (χ3n) is 3.06. The normalized spacial score (nSPS) is 11.0. The summed E-state index contributed by atoms with van der Waals surface area (Å²) in [6, 6.07) is 9.56. The highest BCUT2D eigenvalue weighted by Crippen LogP contribution is 2.19. The molecule has 8 heteroatoms. The molecular formula is C13H8N8. The summed E-state index contributed by atoms with van der Waals surface area (Å²) in [5.74, 6) is 1.16. The minimum atomic E-state index is 0.0787. The second-order valence-corrected chi connectivity index (χ2v) is 4.45. The molecule has 0 unspecified atom stereocenters. The highest BCUT2D eigenvalue weighted by Gasteiger charge is 2.14. The van der Waals surface area contributed by atoms with Crippen molar-refractivity contribution < 1.29 is 0 Å². The molecule has 4 rings (SSSR count). The fourth-order valence-corrected chi connectivity index (χ4v) is 2.20. The highest BCUT2D eigenvalue weighted by molar-refractivity contribution is 5.91. The lowest BCUT2D eigenvalue weighted by atomic mass is 10.2. The molecule has 1 aromatic carbocycles. The van der Waals surface area contributed by atoms with Crippen molar-refractivity contribution in [2.75, 3.05) is 0 Å². The number of hydrogen-bond donors (Lipinski definition) is 0. The first kappa shape index (κ1) is 11.5. The standard InChI is InChI=1S/C13H8N8/c1-8-16-12-9-4-2-3-5-10(9)17-13(21(12)18-8)20-7-15-11(6-14)19-20/h2-5,7H,1H3. The Labute approximate surface area is 118 Å². The summed E-state index contributed by atoms with van der Waals surface area (Å²) in [5.41, 5.74) is 1.48. The zero-order chi connectivity index (χ0) is 14.4. The van der Waals surface area contributed by atoms with E-state index in [2.05, 4.69) is 25.1 Å². The van der Waals surface area contributed by atoms with Crippen LogP contribution in [0.15, 0.2) is 30.6 Å². The van der Waals surface area contributed by atoms with Crippen LogP contribution in [0.4, 0.5) is 0 Å². The molecule has 0 spiro atoms. The smallest absolute Gasteiger partial charge is 0.211 e. The van der Waals surface area contributed by atoms with Gasteiger partial charge in [0.15, 0.2) is 5.65 Å². The minimum absolute atomic E-state index is 0.0787. The molecule has 0 radical (unpaired) electrons. The number of aryl methyl sites for hydroxylation is 1. The van der Waals surface area contributed by atoms with Crippen molar-refractivity contribution in [1.82, 2.24) is 34.3 Å². The molecule has 8 nitrogen and oxygen atoms in total. The van der Waals surface area contributed by atoms with Gasteiger partial charge in [-0.25, -0.2) is 15.0 Å². The lowest BCUT2D eigenvalue weighted by Gasteiger charge is -2.05. The van der Waals surface area contributed by atoms with Crippen LogP contribution >= 0.6 is 0 Å². The van der Waals surface area contributed by atoms with Crippen molar-refractivity contribution in [3.05, 3.63) is 42.2 Å². The molecule has 3 heterocycles. The van der Waals surface area contributed by atoms with Crippen molar-refractivity contribution in [3.63, 3.8) is 0 Å². The van der Waals surface area contributed by atoms with Gasteiger partial charge in [0, 0.05) is 5.39 Å². The first-order valence-corrected chi connectivity index (χ1v) is 6.20. The van der Waals surface area contributed by atoms with E-state index in [1.54, 1.807) is 4.52 Å². The first-order chi connectivity index (χ1) is 10.3. The molecule has 0 saturated carbocycles. The second-order valence-electron chi connectivity index (χ2n) is 4.45. The summed E-state index contributed by atoms with van der Waals surface area (Å²) in [5, 5.41) is 18.2. The van der Waals surface area contributed by atoms with Gasteiger partial charge in [0.2, 0.25) is 0 Å². The molecule has 0 aliphatic heterocycles. The highest BCUT2D eigenvalue weighted by atomic mass is 15.5. The van der Waals surface area contributed by atoms with Crippen molar-refractivity contribution in [1.29, 1.82) is 5.26 Å². The fraction of sp³-hybridized carbons (Fsp3) is 0.0769. The van der Waals surface area contributed by atoms with Crippen molar-refractivity contribution in [2.45, 2.75) is 6.92 Å². The number of fused-ring (bicyclic) bond motifs is 3. The largest absolute Gasteiger partial charge is 0.255 e. The molecule has 0 atom stereocenters. The maximum atomic E-state index is 8.84. The van der Waals surface area contributed by atoms with Crippen LogP contribution < -0.4 is 0 Å². The van der Waals surface area contributed by atoms with Gasteiger partial charge < -0.3 is 0 Å². The Hall–Kier alpha value is -3.34. The SMILES string of the molecule is Cc1nc2c3ccccc3nc(-n3cnc(C#N)n3)n2n1. The van der Waals surface area contributed by atoms with Crippen LogP contribution in [0.3, 0.4) is 0 Å². The number of aromatic nitrogens is 7. The lowest BCUT2D eigenvalue weighted by Crippen LogP contribution is -2.08. The van der Waals surface area contributed by atoms with Crippen molar-refractivity contribution >= 4 is 16.6 Å². The number of para-hydroxylation sites is 1. The Morgan fingerprint density at radius 3 is 2.81 bits per heavy atom. The zero-order valence-electron chi connectivity index (χ0n) is 11.0. The number of rotatable bonds is 1. The topological polar surface area (TPSA) is 97.6 Å². The van der Waals surface area contributed by atoms with Crippen LogP contribution in [-0.2, 0) is 0 Å². The van der Waals surface area contributed by atoms with E-state index >= 15 is 0 Å². The van der Waals surface area contributed by atoms with Crippen LogP contribution in [0.1, 0.15) is 11.6 Å². The van der Waals surface area contributed by atoms with E-state index in [0.29, 0.717) is 17.4 Å². The van der Waals surface area contributed by atoms with E-state index in [4.69, 9.17) is 5.26 Å². The average Bonchev–Trinajstić information content (AvgIpc) is 3.12. The Morgan fingerprint density at radius 2 is 2.00 bits per heavy atom. The van der Waals surface area contributed by atoms with Gasteiger partial charge in [0.1, 0.15) is 18.2 Å². The second kappa shape index (κ2) is 4.08. The Kier molecular flexibility index (Phi) is 2.23. The molecule has 3 aromatic heterocycles. The number of nitrogens with zero attached hydrogens (tertiary/aromatic N) is 8. The van der Waals surface area contributed by atoms with Crippen molar-refractivity contribution in [2.24, 2.45) is 0 Å². The fourth-order valence-electron chi connectivity index (χ4n) is 2.20. The first-order valence-electron chi connectivity index (χ1n) is 6.20. The number of hydrogen-bond acceptors (Lipinski definition) is 6. The monoisotopic (exact) mass is 276 g/mol. The molecule has 0 aliphatic rings. The Bertz CT molecular complexity index is 1020. The predicted molar refractivity (Wildman–Crippen MR) is 72.7 cm³/mol. The minimum Gasteiger partial charge on any atom is -0.211 e. The predicted octanol–water partition coefficient (Wildman–Crippen LogP) is 1.04. The molecule has 0 N–H and O–H groups in total. The Morgan fingerprint density at radius 1 is 1.14 bits per heavy atom. The van der Waals surface area contributed by atoms with Crippen LogP contribution in [0, 0.1) is 18.3 Å². The quantitative estimate of drug-likeness (QED) is 0.515.